The summed E-state index contributed by atoms with van der Waals surface area (Å²) in [6, 6.07) is 9.96. The fourth-order valence-electron chi connectivity index (χ4n) is 3.41. The molecule has 0 aliphatic carbocycles. The molecule has 0 amide bonds. The molecule has 5 nitrogen and oxygen atoms in total. The van der Waals surface area contributed by atoms with Gasteiger partial charge >= 0.3 is 0 Å². The van der Waals surface area contributed by atoms with Gasteiger partial charge in [0.1, 0.15) is 6.10 Å². The van der Waals surface area contributed by atoms with E-state index in [1.54, 1.807) is 17.4 Å². The van der Waals surface area contributed by atoms with Crippen LogP contribution < -0.4 is 10.6 Å². The molecule has 1 saturated heterocycles. The maximum absolute atomic E-state index is 10.4. The average molecular weight is 421 g/mol. The van der Waals surface area contributed by atoms with Crippen LogP contribution in [0.1, 0.15) is 37.0 Å². The standard InChI is InChI=1S/C21H29ClN4OS/c1-2-23-21(24-13-20(27)18-5-3-4-6-19(18)22)25-17-7-10-26(11-8-17)14-16-9-12-28-15-16/h3-6,9,12,15,17,20,27H,2,7-8,10-11,13-14H2,1H3,(H2,23,24,25). The Labute approximate surface area is 176 Å². The zero-order valence-electron chi connectivity index (χ0n) is 16.3. The van der Waals surface area contributed by atoms with Crippen molar-refractivity contribution < 1.29 is 5.11 Å². The van der Waals surface area contributed by atoms with Crippen molar-refractivity contribution in [2.75, 3.05) is 26.2 Å². The SMILES string of the molecule is CCNC(=NCC(O)c1ccccc1Cl)NC1CCN(Cc2ccsc2)CC1. The molecule has 1 atom stereocenters. The van der Waals surface area contributed by atoms with Gasteiger partial charge in [-0.25, -0.2) is 0 Å². The molecule has 3 rings (SSSR count). The van der Waals surface area contributed by atoms with Crippen LogP contribution in [-0.4, -0.2) is 48.2 Å². The molecule has 3 N–H and O–H groups in total. The van der Waals surface area contributed by atoms with Gasteiger partial charge in [0.2, 0.25) is 0 Å². The molecule has 28 heavy (non-hydrogen) atoms. The Morgan fingerprint density at radius 1 is 1.32 bits per heavy atom. The van der Waals surface area contributed by atoms with Gasteiger partial charge in [0.15, 0.2) is 5.96 Å². The molecule has 1 fully saturated rings. The molecule has 7 heteroatoms. The van der Waals surface area contributed by atoms with Crippen molar-refractivity contribution in [1.29, 1.82) is 0 Å². The van der Waals surface area contributed by atoms with E-state index in [-0.39, 0.29) is 6.54 Å². The van der Waals surface area contributed by atoms with Crippen LogP contribution >= 0.6 is 22.9 Å². The smallest absolute Gasteiger partial charge is 0.191 e. The molecule has 0 spiro atoms. The molecule has 1 aromatic carbocycles. The summed E-state index contributed by atoms with van der Waals surface area (Å²) in [7, 11) is 0. The highest BCUT2D eigenvalue weighted by Crippen LogP contribution is 2.22. The van der Waals surface area contributed by atoms with Gasteiger partial charge in [0.25, 0.3) is 0 Å². The maximum atomic E-state index is 10.4. The zero-order valence-corrected chi connectivity index (χ0v) is 17.8. The monoisotopic (exact) mass is 420 g/mol. The fraction of sp³-hybridized carbons (Fsp3) is 0.476. The Kier molecular flexibility index (Phi) is 8.15. The molecule has 0 saturated carbocycles. The summed E-state index contributed by atoms with van der Waals surface area (Å²) < 4.78 is 0. The second-order valence-electron chi connectivity index (χ2n) is 7.08. The van der Waals surface area contributed by atoms with Crippen molar-refractivity contribution in [2.24, 2.45) is 4.99 Å². The molecule has 2 aromatic rings. The van der Waals surface area contributed by atoms with Crippen molar-refractivity contribution in [3.8, 4) is 0 Å². The van der Waals surface area contributed by atoms with Gasteiger partial charge in [-0.1, -0.05) is 29.8 Å². The third-order valence-electron chi connectivity index (χ3n) is 4.95. The van der Waals surface area contributed by atoms with Gasteiger partial charge in [-0.15, -0.1) is 0 Å². The number of benzene rings is 1. The number of aliphatic hydroxyl groups excluding tert-OH is 1. The lowest BCUT2D eigenvalue weighted by Gasteiger charge is -2.33. The first-order valence-electron chi connectivity index (χ1n) is 9.86. The van der Waals surface area contributed by atoms with Crippen molar-refractivity contribution in [1.82, 2.24) is 15.5 Å². The van der Waals surface area contributed by atoms with E-state index in [9.17, 15) is 5.11 Å². The summed E-state index contributed by atoms with van der Waals surface area (Å²) in [5.41, 5.74) is 2.12. The summed E-state index contributed by atoms with van der Waals surface area (Å²) >= 11 is 7.93. The lowest BCUT2D eigenvalue weighted by atomic mass is 10.0. The number of halogens is 1. The zero-order chi connectivity index (χ0) is 19.8. The highest BCUT2D eigenvalue weighted by atomic mass is 35.5. The molecule has 1 aliphatic rings. The lowest BCUT2D eigenvalue weighted by Crippen LogP contribution is -2.48. The van der Waals surface area contributed by atoms with Gasteiger partial charge in [0.05, 0.1) is 6.54 Å². The number of aliphatic hydroxyl groups is 1. The first kappa shape index (κ1) is 21.1. The van der Waals surface area contributed by atoms with E-state index in [2.05, 4.69) is 37.4 Å². The van der Waals surface area contributed by atoms with Crippen LogP contribution in [-0.2, 0) is 6.54 Å². The first-order valence-corrected chi connectivity index (χ1v) is 11.2. The minimum Gasteiger partial charge on any atom is -0.386 e. The molecule has 1 aliphatic heterocycles. The van der Waals surface area contributed by atoms with Crippen LogP contribution in [0, 0.1) is 0 Å². The number of nitrogens with zero attached hydrogens (tertiary/aromatic N) is 2. The summed E-state index contributed by atoms with van der Waals surface area (Å²) in [6.45, 7) is 6.30. The summed E-state index contributed by atoms with van der Waals surface area (Å²) in [4.78, 5) is 7.08. The Bertz CT molecular complexity index is 745. The van der Waals surface area contributed by atoms with Crippen LogP contribution in [0.25, 0.3) is 0 Å². The Morgan fingerprint density at radius 3 is 2.79 bits per heavy atom. The third-order valence-corrected chi connectivity index (χ3v) is 6.02. The van der Waals surface area contributed by atoms with E-state index in [1.807, 2.05) is 25.1 Å². The number of piperidine rings is 1. The number of aliphatic imine (C=N–C) groups is 1. The molecular formula is C21H29ClN4OS. The molecule has 152 valence electrons. The summed E-state index contributed by atoms with van der Waals surface area (Å²) in [5, 5.41) is 22.2. The quantitative estimate of drug-likeness (QED) is 0.472. The number of hydrogen-bond donors (Lipinski definition) is 3. The largest absolute Gasteiger partial charge is 0.386 e. The van der Waals surface area contributed by atoms with E-state index < -0.39 is 6.10 Å². The molecule has 1 unspecified atom stereocenters. The first-order chi connectivity index (χ1) is 13.7. The van der Waals surface area contributed by atoms with Crippen LogP contribution in [0.5, 0.6) is 0 Å². The lowest BCUT2D eigenvalue weighted by molar-refractivity contribution is 0.186. The second-order valence-corrected chi connectivity index (χ2v) is 8.27. The van der Waals surface area contributed by atoms with Crippen molar-refractivity contribution in [3.63, 3.8) is 0 Å². The van der Waals surface area contributed by atoms with E-state index in [0.717, 1.165) is 45.0 Å². The number of nitrogens with one attached hydrogen (secondary N) is 2. The van der Waals surface area contributed by atoms with Gasteiger partial charge < -0.3 is 15.7 Å². The predicted molar refractivity (Wildman–Crippen MR) is 118 cm³/mol. The highest BCUT2D eigenvalue weighted by molar-refractivity contribution is 7.07. The predicted octanol–water partition coefficient (Wildman–Crippen LogP) is 3.65. The number of guanidine groups is 1. The molecule has 0 bridgehead atoms. The van der Waals surface area contributed by atoms with Gasteiger partial charge in [-0.05, 0) is 48.2 Å². The number of hydrogen-bond acceptors (Lipinski definition) is 4. The minimum atomic E-state index is -0.711. The van der Waals surface area contributed by atoms with Gasteiger partial charge in [-0.3, -0.25) is 9.89 Å². The van der Waals surface area contributed by atoms with E-state index >= 15 is 0 Å². The number of rotatable bonds is 7. The fourth-order valence-corrected chi connectivity index (χ4v) is 4.33. The maximum Gasteiger partial charge on any atom is 0.191 e. The van der Waals surface area contributed by atoms with Crippen LogP contribution in [0.4, 0.5) is 0 Å². The van der Waals surface area contributed by atoms with Crippen LogP contribution in [0.3, 0.4) is 0 Å². The van der Waals surface area contributed by atoms with E-state index in [1.165, 1.54) is 5.56 Å². The molecule has 2 heterocycles. The number of thiophene rings is 1. The average Bonchev–Trinajstić information content (AvgIpc) is 3.21. The second kappa shape index (κ2) is 10.8. The third kappa shape index (κ3) is 6.21. The molecule has 0 radical (unpaired) electrons. The summed E-state index contributed by atoms with van der Waals surface area (Å²) in [5.74, 6) is 0.755. The van der Waals surface area contributed by atoms with Gasteiger partial charge in [-0.2, -0.15) is 11.3 Å². The van der Waals surface area contributed by atoms with Crippen LogP contribution in [0.15, 0.2) is 46.1 Å². The Morgan fingerprint density at radius 2 is 2.11 bits per heavy atom. The normalized spacial score (nSPS) is 17.5. The number of likely N-dealkylation sites (tertiary alicyclic amines) is 1. The molecule has 1 aromatic heterocycles. The topological polar surface area (TPSA) is 59.9 Å². The minimum absolute atomic E-state index is 0.274. The van der Waals surface area contributed by atoms with Crippen molar-refractivity contribution in [3.05, 3.63) is 57.2 Å². The van der Waals surface area contributed by atoms with Crippen LogP contribution in [0.2, 0.25) is 5.02 Å². The van der Waals surface area contributed by atoms with Gasteiger partial charge in [0, 0.05) is 42.8 Å². The van der Waals surface area contributed by atoms with E-state index in [4.69, 9.17) is 11.6 Å². The summed E-state index contributed by atoms with van der Waals surface area (Å²) in [6.07, 6.45) is 1.46. The van der Waals surface area contributed by atoms with E-state index in [0.29, 0.717) is 16.6 Å². The van der Waals surface area contributed by atoms with Crippen molar-refractivity contribution >= 4 is 28.9 Å². The Hall–Kier alpha value is -1.60. The van der Waals surface area contributed by atoms with Crippen molar-refractivity contribution in [2.45, 2.75) is 38.5 Å². The highest BCUT2D eigenvalue weighted by Gasteiger charge is 2.20. The molecular weight excluding hydrogens is 392 g/mol. The Balaban J connectivity index is 1.50.